The Balaban J connectivity index is 2.38. The molecule has 0 aliphatic heterocycles. The summed E-state index contributed by atoms with van der Waals surface area (Å²) in [5.74, 6) is -0.00824. The number of allylic oxidation sites excluding steroid dienone is 1. The monoisotopic (exact) mass is 494 g/mol. The molecular weight excluding hydrogens is 452 g/mol. The van der Waals surface area contributed by atoms with Gasteiger partial charge in [0.1, 0.15) is 12.2 Å². The first-order valence-electron chi connectivity index (χ1n) is 12.8. The zero-order chi connectivity index (χ0) is 25.5. The van der Waals surface area contributed by atoms with Crippen molar-refractivity contribution in [3.8, 4) is 0 Å². The van der Waals surface area contributed by atoms with E-state index in [1.807, 2.05) is 60.7 Å². The van der Waals surface area contributed by atoms with Gasteiger partial charge in [-0.2, -0.15) is 0 Å². The van der Waals surface area contributed by atoms with Crippen LogP contribution in [-0.2, 0) is 31.9 Å². The van der Waals surface area contributed by atoms with E-state index in [0.29, 0.717) is 26.1 Å². The van der Waals surface area contributed by atoms with Crippen LogP contribution >= 0.6 is 0 Å². The molecular formula is C30H42O4Si. The first-order valence-corrected chi connectivity index (χ1v) is 15.3. The van der Waals surface area contributed by atoms with Gasteiger partial charge in [0, 0.05) is 6.42 Å². The number of ether oxygens (including phenoxy) is 2. The van der Waals surface area contributed by atoms with Gasteiger partial charge in [-0.15, -0.1) is 13.2 Å². The lowest BCUT2D eigenvalue weighted by Gasteiger charge is -2.38. The second-order valence-corrected chi connectivity index (χ2v) is 13.6. The molecule has 0 saturated heterocycles. The van der Waals surface area contributed by atoms with Crippen molar-refractivity contribution in [3.05, 3.63) is 97.1 Å². The first-order chi connectivity index (χ1) is 17.0. The lowest BCUT2D eigenvalue weighted by Crippen LogP contribution is -2.50. The molecule has 0 saturated carbocycles. The van der Waals surface area contributed by atoms with Crippen LogP contribution in [0.1, 0.15) is 44.7 Å². The van der Waals surface area contributed by atoms with E-state index < -0.39 is 26.6 Å². The molecule has 0 heterocycles. The quantitative estimate of drug-likeness (QED) is 0.161. The lowest BCUT2D eigenvalue weighted by molar-refractivity contribution is -0.153. The van der Waals surface area contributed by atoms with Crippen molar-refractivity contribution in [1.82, 2.24) is 0 Å². The van der Waals surface area contributed by atoms with Crippen LogP contribution < -0.4 is 0 Å². The maximum absolute atomic E-state index is 13.4. The Morgan fingerprint density at radius 1 is 0.857 bits per heavy atom. The molecule has 0 fully saturated rings. The first kappa shape index (κ1) is 28.9. The molecule has 0 bridgehead atoms. The van der Waals surface area contributed by atoms with Crippen LogP contribution in [0.2, 0.25) is 18.1 Å². The van der Waals surface area contributed by atoms with Gasteiger partial charge < -0.3 is 13.9 Å². The average molecular weight is 495 g/mol. The standard InChI is InChI=1S/C30H42O4Si/c1-6-11-22-27(31)29(32-23-25-18-14-12-15-19-25)30(33-24-26-20-16-13-17-21-26)28(7-2)34-35(8-3,9-4)10-5/h6-7,12-21,28-30H,1-2,8-11,22-24H2,3-5H3/t28-,29+,30+/m1/s1. The van der Waals surface area contributed by atoms with Crippen LogP contribution in [0.15, 0.2) is 86.0 Å². The van der Waals surface area contributed by atoms with Gasteiger partial charge in [0.05, 0.1) is 19.3 Å². The fourth-order valence-corrected chi connectivity index (χ4v) is 6.98. The normalized spacial score (nSPS) is 14.1. The van der Waals surface area contributed by atoms with Crippen molar-refractivity contribution in [2.24, 2.45) is 0 Å². The van der Waals surface area contributed by atoms with Gasteiger partial charge in [0.25, 0.3) is 0 Å². The molecule has 0 amide bonds. The van der Waals surface area contributed by atoms with Crippen LogP contribution in [0, 0.1) is 0 Å². The van der Waals surface area contributed by atoms with Gasteiger partial charge in [0.2, 0.25) is 0 Å². The number of rotatable bonds is 18. The molecule has 3 atom stereocenters. The Labute approximate surface area is 213 Å². The Morgan fingerprint density at radius 3 is 1.83 bits per heavy atom. The SMILES string of the molecule is C=CCCC(=O)[C@H](OCc1ccccc1)[C@@H](OCc1ccccc1)[C@@H](C=C)O[Si](CC)(CC)CC. The molecule has 2 rings (SSSR count). The molecule has 0 unspecified atom stereocenters. The zero-order valence-corrected chi connectivity index (χ0v) is 22.7. The average Bonchev–Trinajstić information content (AvgIpc) is 2.92. The van der Waals surface area contributed by atoms with E-state index in [4.69, 9.17) is 13.9 Å². The molecule has 0 radical (unpaired) electrons. The lowest BCUT2D eigenvalue weighted by atomic mass is 10.00. The maximum Gasteiger partial charge on any atom is 0.193 e. The van der Waals surface area contributed by atoms with Crippen molar-refractivity contribution in [1.29, 1.82) is 0 Å². The fraction of sp³-hybridized carbons (Fsp3) is 0.433. The Bertz CT molecular complexity index is 871. The second-order valence-electron chi connectivity index (χ2n) is 8.83. The summed E-state index contributed by atoms with van der Waals surface area (Å²) < 4.78 is 19.6. The number of carbonyl (C=O) groups excluding carboxylic acids is 1. The number of ketones is 1. The van der Waals surface area contributed by atoms with E-state index >= 15 is 0 Å². The molecule has 0 aliphatic carbocycles. The van der Waals surface area contributed by atoms with E-state index in [9.17, 15) is 4.79 Å². The van der Waals surface area contributed by atoms with Gasteiger partial charge in [-0.05, 0) is 35.7 Å². The summed E-state index contributed by atoms with van der Waals surface area (Å²) in [6, 6.07) is 22.9. The summed E-state index contributed by atoms with van der Waals surface area (Å²) in [6.45, 7) is 15.1. The van der Waals surface area contributed by atoms with Crippen molar-refractivity contribution in [2.45, 2.75) is 83.3 Å². The highest BCUT2D eigenvalue weighted by molar-refractivity contribution is 6.73. The third kappa shape index (κ3) is 9.01. The topological polar surface area (TPSA) is 44.8 Å². The number of hydrogen-bond acceptors (Lipinski definition) is 4. The van der Waals surface area contributed by atoms with Crippen molar-refractivity contribution >= 4 is 14.1 Å². The van der Waals surface area contributed by atoms with Crippen molar-refractivity contribution in [3.63, 3.8) is 0 Å². The predicted octanol–water partition coefficient (Wildman–Crippen LogP) is 7.27. The Kier molecular flexibility index (Phi) is 12.9. The summed E-state index contributed by atoms with van der Waals surface area (Å²) in [4.78, 5) is 13.4. The smallest absolute Gasteiger partial charge is 0.193 e. The highest BCUT2D eigenvalue weighted by Crippen LogP contribution is 2.28. The predicted molar refractivity (Wildman–Crippen MR) is 147 cm³/mol. The molecule has 4 nitrogen and oxygen atoms in total. The van der Waals surface area contributed by atoms with Crippen LogP contribution in [-0.4, -0.2) is 32.4 Å². The minimum atomic E-state index is -2.00. The van der Waals surface area contributed by atoms with E-state index in [2.05, 4.69) is 33.9 Å². The highest BCUT2D eigenvalue weighted by Gasteiger charge is 2.40. The molecule has 0 aliphatic rings. The number of Topliss-reactive ketones (excluding diaryl/α,β-unsaturated/α-hetero) is 1. The summed E-state index contributed by atoms with van der Waals surface area (Å²) in [5.41, 5.74) is 2.04. The van der Waals surface area contributed by atoms with E-state index in [0.717, 1.165) is 29.3 Å². The van der Waals surface area contributed by atoms with Crippen LogP contribution in [0.25, 0.3) is 0 Å². The van der Waals surface area contributed by atoms with Gasteiger partial charge in [-0.3, -0.25) is 4.79 Å². The fourth-order valence-electron chi connectivity index (χ4n) is 4.18. The van der Waals surface area contributed by atoms with E-state index in [1.54, 1.807) is 12.2 Å². The van der Waals surface area contributed by atoms with Gasteiger partial charge >= 0.3 is 0 Å². The minimum Gasteiger partial charge on any atom is -0.408 e. The van der Waals surface area contributed by atoms with E-state index in [-0.39, 0.29) is 5.78 Å². The van der Waals surface area contributed by atoms with Gasteiger partial charge in [-0.1, -0.05) is 93.6 Å². The molecule has 0 spiro atoms. The summed E-state index contributed by atoms with van der Waals surface area (Å²) in [6.07, 6.45) is 2.65. The third-order valence-corrected chi connectivity index (χ3v) is 11.3. The third-order valence-electron chi connectivity index (χ3n) is 6.64. The summed E-state index contributed by atoms with van der Waals surface area (Å²) in [7, 11) is -2.00. The molecule has 190 valence electrons. The van der Waals surface area contributed by atoms with E-state index in [1.165, 1.54) is 0 Å². The number of carbonyl (C=O) groups is 1. The second kappa shape index (κ2) is 15.6. The number of hydrogen-bond donors (Lipinski definition) is 0. The summed E-state index contributed by atoms with van der Waals surface area (Å²) >= 11 is 0. The van der Waals surface area contributed by atoms with Crippen LogP contribution in [0.5, 0.6) is 0 Å². The van der Waals surface area contributed by atoms with Crippen LogP contribution in [0.3, 0.4) is 0 Å². The maximum atomic E-state index is 13.4. The molecule has 35 heavy (non-hydrogen) atoms. The molecule has 5 heteroatoms. The largest absolute Gasteiger partial charge is 0.408 e. The zero-order valence-electron chi connectivity index (χ0n) is 21.7. The van der Waals surface area contributed by atoms with Gasteiger partial charge in [-0.25, -0.2) is 0 Å². The van der Waals surface area contributed by atoms with Crippen molar-refractivity contribution < 1.29 is 18.7 Å². The van der Waals surface area contributed by atoms with Crippen LogP contribution in [0.4, 0.5) is 0 Å². The minimum absolute atomic E-state index is 0.00824. The molecule has 2 aromatic rings. The molecule has 2 aromatic carbocycles. The number of benzene rings is 2. The van der Waals surface area contributed by atoms with Gasteiger partial charge in [0.15, 0.2) is 14.1 Å². The van der Waals surface area contributed by atoms with Crippen molar-refractivity contribution in [2.75, 3.05) is 0 Å². The molecule has 0 aromatic heterocycles. The summed E-state index contributed by atoms with van der Waals surface area (Å²) in [5, 5.41) is 0. The Morgan fingerprint density at radius 2 is 1.37 bits per heavy atom. The molecule has 0 N–H and O–H groups in total. The highest BCUT2D eigenvalue weighted by atomic mass is 28.4. The Hall–Kier alpha value is -2.31.